The van der Waals surface area contributed by atoms with Gasteiger partial charge in [0.15, 0.2) is 16.6 Å². The zero-order chi connectivity index (χ0) is 35.1. The van der Waals surface area contributed by atoms with Crippen LogP contribution in [0.1, 0.15) is 115 Å². The molecule has 3 aliphatic rings. The summed E-state index contributed by atoms with van der Waals surface area (Å²) in [4.78, 5) is 12.3. The summed E-state index contributed by atoms with van der Waals surface area (Å²) >= 11 is 0. The van der Waals surface area contributed by atoms with Gasteiger partial charge in [0, 0.05) is 6.42 Å². The quantitative estimate of drug-likeness (QED) is 0.139. The van der Waals surface area contributed by atoms with E-state index in [1.165, 1.54) is 16.7 Å². The van der Waals surface area contributed by atoms with Crippen LogP contribution in [0.4, 0.5) is 0 Å². The molecule has 0 N–H and O–H groups in total. The number of ether oxygens (including phenoxy) is 2. The van der Waals surface area contributed by atoms with E-state index >= 15 is 0 Å². The molecule has 0 saturated heterocycles. The maximum absolute atomic E-state index is 12.3. The first-order chi connectivity index (χ1) is 20.8. The first kappa shape index (κ1) is 39.2. The number of esters is 1. The molecular weight excluding hydrogens is 605 g/mol. The molecule has 0 bridgehead atoms. The van der Waals surface area contributed by atoms with Crippen LogP contribution >= 0.6 is 0 Å². The summed E-state index contributed by atoms with van der Waals surface area (Å²) in [6.45, 7) is 38.0. The Bertz CT molecular complexity index is 1220. The van der Waals surface area contributed by atoms with Gasteiger partial charge in [0.1, 0.15) is 12.2 Å². The van der Waals surface area contributed by atoms with E-state index in [-0.39, 0.29) is 46.4 Å². The number of hydrogen-bond donors (Lipinski definition) is 0. The summed E-state index contributed by atoms with van der Waals surface area (Å²) in [7, 11) is -3.97. The van der Waals surface area contributed by atoms with E-state index in [2.05, 4.69) is 106 Å². The molecule has 5 nitrogen and oxygen atoms in total. The number of carbonyl (C=O) groups excluding carboxylic acids is 1. The monoisotopic (exact) mass is 672 g/mol. The van der Waals surface area contributed by atoms with Crippen molar-refractivity contribution in [3.63, 3.8) is 0 Å². The van der Waals surface area contributed by atoms with Gasteiger partial charge in [-0.2, -0.15) is 0 Å². The van der Waals surface area contributed by atoms with Crippen LogP contribution < -0.4 is 0 Å². The third-order valence-electron chi connectivity index (χ3n) is 11.7. The van der Waals surface area contributed by atoms with Crippen LogP contribution in [0.25, 0.3) is 0 Å². The molecule has 0 aromatic rings. The molecule has 0 aliphatic heterocycles. The number of rotatable bonds is 9. The Morgan fingerprint density at radius 3 is 2.15 bits per heavy atom. The van der Waals surface area contributed by atoms with Gasteiger partial charge in [0.2, 0.25) is 0 Å². The molecule has 3 rings (SSSR count). The maximum atomic E-state index is 12.3. The smallest absolute Gasteiger partial charge is 0.332 e. The first-order valence-corrected chi connectivity index (χ1v) is 23.6. The van der Waals surface area contributed by atoms with Crippen molar-refractivity contribution in [2.45, 2.75) is 175 Å². The molecule has 5 atom stereocenters. The summed E-state index contributed by atoms with van der Waals surface area (Å²) in [5.41, 5.74) is 4.76. The molecule has 262 valence electrons. The van der Waals surface area contributed by atoms with Crippen molar-refractivity contribution < 1.29 is 23.1 Å². The molecule has 46 heavy (non-hydrogen) atoms. The molecular formula is C39H68O5Si2. The van der Waals surface area contributed by atoms with Crippen LogP contribution in [-0.4, -0.2) is 53.1 Å². The topological polar surface area (TPSA) is 54.0 Å². The van der Waals surface area contributed by atoms with E-state index in [1.807, 2.05) is 20.8 Å². The highest BCUT2D eigenvalue weighted by Crippen LogP contribution is 2.56. The molecule has 0 aromatic carbocycles. The molecule has 0 radical (unpaired) electrons. The van der Waals surface area contributed by atoms with Gasteiger partial charge in [-0.15, -0.1) is 0 Å². The van der Waals surface area contributed by atoms with Gasteiger partial charge in [-0.05, 0) is 124 Å². The van der Waals surface area contributed by atoms with Crippen molar-refractivity contribution in [2.75, 3.05) is 6.61 Å². The zero-order valence-corrected chi connectivity index (χ0v) is 34.2. The van der Waals surface area contributed by atoms with Crippen LogP contribution in [0.3, 0.4) is 0 Å². The Morgan fingerprint density at radius 2 is 1.59 bits per heavy atom. The summed E-state index contributed by atoms with van der Waals surface area (Å²) in [5.74, 6) is 0.131. The van der Waals surface area contributed by atoms with Crippen molar-refractivity contribution in [2.24, 2.45) is 11.3 Å². The lowest BCUT2D eigenvalue weighted by Crippen LogP contribution is -2.49. The van der Waals surface area contributed by atoms with Crippen LogP contribution in [-0.2, 0) is 23.1 Å². The largest absolute Gasteiger partial charge is 0.458 e. The van der Waals surface area contributed by atoms with Crippen molar-refractivity contribution in [1.82, 2.24) is 0 Å². The number of allylic oxidation sites excluding steroid dienone is 4. The average molecular weight is 673 g/mol. The van der Waals surface area contributed by atoms with Gasteiger partial charge >= 0.3 is 5.97 Å². The molecule has 0 unspecified atom stereocenters. The molecule has 7 heteroatoms. The van der Waals surface area contributed by atoms with Gasteiger partial charge < -0.3 is 18.3 Å². The SMILES string of the molecule is C=C1C(=CC=C2CCC[C@]3(C)C([C@H](C)OCC(=O)OC(C)(C)C)=CC[C@@H]23)C[C@@H](O[Si](C)(C)C(C)(C)C)C[C@@H]1O[Si](C)(C)C(C)(C)C. The molecule has 2 saturated carbocycles. The van der Waals surface area contributed by atoms with Crippen molar-refractivity contribution in [1.29, 1.82) is 0 Å². The third kappa shape index (κ3) is 9.25. The van der Waals surface area contributed by atoms with Crippen molar-refractivity contribution >= 4 is 22.6 Å². The van der Waals surface area contributed by atoms with E-state index in [1.54, 1.807) is 0 Å². The van der Waals surface area contributed by atoms with Gasteiger partial charge in [0.25, 0.3) is 0 Å². The summed E-state index contributed by atoms with van der Waals surface area (Å²) in [5, 5.41) is 0.274. The van der Waals surface area contributed by atoms with Gasteiger partial charge in [-0.3, -0.25) is 0 Å². The van der Waals surface area contributed by atoms with Gasteiger partial charge in [-0.1, -0.05) is 78.8 Å². The second-order valence-electron chi connectivity index (χ2n) is 18.5. The van der Waals surface area contributed by atoms with Gasteiger partial charge in [0.05, 0.1) is 18.3 Å². The Labute approximate surface area is 284 Å². The first-order valence-electron chi connectivity index (χ1n) is 17.8. The second kappa shape index (κ2) is 13.9. The molecule has 2 fully saturated rings. The molecule has 0 aromatic heterocycles. The van der Waals surface area contributed by atoms with Crippen LogP contribution in [0, 0.1) is 11.3 Å². The second-order valence-corrected chi connectivity index (χ2v) is 28.0. The van der Waals surface area contributed by atoms with E-state index in [0.717, 1.165) is 44.1 Å². The molecule has 3 aliphatic carbocycles. The minimum atomic E-state index is -2.01. The Kier molecular flexibility index (Phi) is 11.9. The van der Waals surface area contributed by atoms with E-state index in [0.29, 0.717) is 5.92 Å². The standard InChI is InChI=1S/C39H68O5Si2/c1-27-30(24-31(43-45(13,14)37(6,7)8)25-34(27)44-46(15,16)38(9,10)11)20-19-29-18-17-23-39(12)32(21-22-33(29)39)28(2)41-26-35(40)42-36(3,4)5/h19-21,28,31,33-34H,1,17-18,22-26H2,2-16H3/t28-,31+,33-,34-,39+/m0/s1. The van der Waals surface area contributed by atoms with Crippen LogP contribution in [0.15, 0.2) is 47.1 Å². The Hall–Kier alpha value is -1.26. The fraction of sp³-hybridized carbons (Fsp3) is 0.769. The zero-order valence-electron chi connectivity index (χ0n) is 32.2. The summed E-state index contributed by atoms with van der Waals surface area (Å²) in [6, 6.07) is 0. The number of fused-ring (bicyclic) bond motifs is 1. The fourth-order valence-corrected chi connectivity index (χ4v) is 9.57. The highest BCUT2D eigenvalue weighted by molar-refractivity contribution is 6.74. The third-order valence-corrected chi connectivity index (χ3v) is 20.7. The minimum absolute atomic E-state index is 0.0200. The highest BCUT2D eigenvalue weighted by atomic mass is 28.4. The lowest BCUT2D eigenvalue weighted by atomic mass is 9.63. The molecule has 0 amide bonds. The Balaban J connectivity index is 1.85. The molecule has 0 heterocycles. The average Bonchev–Trinajstić information content (AvgIpc) is 3.23. The predicted octanol–water partition coefficient (Wildman–Crippen LogP) is 10.9. The van der Waals surface area contributed by atoms with E-state index in [9.17, 15) is 4.79 Å². The highest BCUT2D eigenvalue weighted by Gasteiger charge is 2.47. The van der Waals surface area contributed by atoms with Crippen molar-refractivity contribution in [3.8, 4) is 0 Å². The maximum Gasteiger partial charge on any atom is 0.332 e. The summed E-state index contributed by atoms with van der Waals surface area (Å²) < 4.78 is 25.7. The van der Waals surface area contributed by atoms with Crippen molar-refractivity contribution in [3.05, 3.63) is 47.1 Å². The van der Waals surface area contributed by atoms with Crippen LogP contribution in [0.5, 0.6) is 0 Å². The summed E-state index contributed by atoms with van der Waals surface area (Å²) in [6.07, 6.45) is 13.3. The fourth-order valence-electron chi connectivity index (χ4n) is 6.90. The van der Waals surface area contributed by atoms with Crippen LogP contribution in [0.2, 0.25) is 36.3 Å². The predicted molar refractivity (Wildman–Crippen MR) is 198 cm³/mol. The normalized spacial score (nSPS) is 29.2. The molecule has 0 spiro atoms. The van der Waals surface area contributed by atoms with Gasteiger partial charge in [-0.25, -0.2) is 4.79 Å². The lowest BCUT2D eigenvalue weighted by molar-refractivity contribution is -0.161. The van der Waals surface area contributed by atoms with E-state index < -0.39 is 22.2 Å². The lowest BCUT2D eigenvalue weighted by Gasteiger charge is -2.45. The number of hydrogen-bond acceptors (Lipinski definition) is 5. The minimum Gasteiger partial charge on any atom is -0.458 e. The Morgan fingerprint density at radius 1 is 1.00 bits per heavy atom. The number of carbonyl (C=O) groups is 1. The van der Waals surface area contributed by atoms with E-state index in [4.69, 9.17) is 18.3 Å².